The second kappa shape index (κ2) is 7.84. The summed E-state index contributed by atoms with van der Waals surface area (Å²) in [5.74, 6) is -0.869. The van der Waals surface area contributed by atoms with Crippen LogP contribution in [0.5, 0.6) is 0 Å². The van der Waals surface area contributed by atoms with Crippen LogP contribution in [0.3, 0.4) is 0 Å². The molecule has 5 nitrogen and oxygen atoms in total. The van der Waals surface area contributed by atoms with E-state index in [2.05, 4.69) is 5.32 Å². The van der Waals surface area contributed by atoms with Crippen molar-refractivity contribution in [1.82, 2.24) is 5.32 Å². The van der Waals surface area contributed by atoms with E-state index in [9.17, 15) is 17.6 Å². The van der Waals surface area contributed by atoms with Crippen LogP contribution in [0, 0.1) is 5.82 Å². The maximum Gasteiger partial charge on any atom is 0.241 e. The molecule has 0 bridgehead atoms. The molecule has 0 aromatic heterocycles. The quantitative estimate of drug-likeness (QED) is 0.832. The lowest BCUT2D eigenvalue weighted by Crippen LogP contribution is -2.41. The molecule has 1 amide bonds. The van der Waals surface area contributed by atoms with Crippen molar-refractivity contribution in [3.8, 4) is 0 Å². The molecule has 0 aliphatic carbocycles. The van der Waals surface area contributed by atoms with Gasteiger partial charge < -0.3 is 5.32 Å². The number of anilines is 1. The number of carbonyl (C=O) groups is 1. The van der Waals surface area contributed by atoms with Crippen molar-refractivity contribution in [2.45, 2.75) is 13.0 Å². The van der Waals surface area contributed by atoms with Crippen molar-refractivity contribution < 1.29 is 17.6 Å². The summed E-state index contributed by atoms with van der Waals surface area (Å²) >= 11 is 6.05. The molecule has 134 valence electrons. The highest BCUT2D eigenvalue weighted by molar-refractivity contribution is 7.92. The minimum Gasteiger partial charge on any atom is -0.348 e. The van der Waals surface area contributed by atoms with Gasteiger partial charge in [-0.1, -0.05) is 35.9 Å². The summed E-state index contributed by atoms with van der Waals surface area (Å²) < 4.78 is 38.0. The lowest BCUT2D eigenvalue weighted by Gasteiger charge is -2.24. The molecule has 0 aliphatic rings. The first-order valence-corrected chi connectivity index (χ1v) is 9.68. The SMILES string of the molecule is C[C@@H](NC(=O)CN(c1ccccc1Cl)S(C)(=O)=O)c1ccc(F)cc1. The Morgan fingerprint density at radius 2 is 1.80 bits per heavy atom. The highest BCUT2D eigenvalue weighted by atomic mass is 35.5. The van der Waals surface area contributed by atoms with Gasteiger partial charge in [0.15, 0.2) is 0 Å². The maximum atomic E-state index is 13.0. The Morgan fingerprint density at radius 1 is 1.20 bits per heavy atom. The van der Waals surface area contributed by atoms with Crippen molar-refractivity contribution in [1.29, 1.82) is 0 Å². The first-order valence-electron chi connectivity index (χ1n) is 7.45. The van der Waals surface area contributed by atoms with E-state index in [1.807, 2.05) is 0 Å². The fourth-order valence-electron chi connectivity index (χ4n) is 2.29. The van der Waals surface area contributed by atoms with E-state index in [1.165, 1.54) is 18.2 Å². The number of hydrogen-bond donors (Lipinski definition) is 1. The van der Waals surface area contributed by atoms with E-state index >= 15 is 0 Å². The van der Waals surface area contributed by atoms with Gasteiger partial charge in [-0.3, -0.25) is 9.10 Å². The van der Waals surface area contributed by atoms with Gasteiger partial charge in [-0.05, 0) is 36.8 Å². The Labute approximate surface area is 151 Å². The third-order valence-corrected chi connectivity index (χ3v) is 5.00. The lowest BCUT2D eigenvalue weighted by atomic mass is 10.1. The van der Waals surface area contributed by atoms with E-state index in [1.54, 1.807) is 37.3 Å². The molecule has 0 heterocycles. The summed E-state index contributed by atoms with van der Waals surface area (Å²) in [4.78, 5) is 12.3. The van der Waals surface area contributed by atoms with Crippen LogP contribution >= 0.6 is 11.6 Å². The Hall–Kier alpha value is -2.12. The second-order valence-electron chi connectivity index (χ2n) is 5.56. The minimum absolute atomic E-state index is 0.229. The molecule has 0 saturated heterocycles. The Morgan fingerprint density at radius 3 is 2.36 bits per heavy atom. The van der Waals surface area contributed by atoms with E-state index in [-0.39, 0.29) is 16.5 Å². The number of para-hydroxylation sites is 1. The zero-order valence-corrected chi connectivity index (χ0v) is 15.3. The van der Waals surface area contributed by atoms with Gasteiger partial charge >= 0.3 is 0 Å². The number of nitrogens with one attached hydrogen (secondary N) is 1. The topological polar surface area (TPSA) is 66.5 Å². The molecule has 0 aliphatic heterocycles. The van der Waals surface area contributed by atoms with Gasteiger partial charge in [0.25, 0.3) is 0 Å². The van der Waals surface area contributed by atoms with Crippen LogP contribution in [0.25, 0.3) is 0 Å². The van der Waals surface area contributed by atoms with Gasteiger partial charge in [-0.15, -0.1) is 0 Å². The number of hydrogen-bond acceptors (Lipinski definition) is 3. The predicted molar refractivity (Wildman–Crippen MR) is 96.6 cm³/mol. The Bertz CT molecular complexity index is 856. The molecule has 2 aromatic rings. The summed E-state index contributed by atoms with van der Waals surface area (Å²) in [5.41, 5.74) is 0.939. The molecule has 1 N–H and O–H groups in total. The van der Waals surface area contributed by atoms with Crippen molar-refractivity contribution in [2.24, 2.45) is 0 Å². The average Bonchev–Trinajstić information content (AvgIpc) is 2.53. The zero-order valence-electron chi connectivity index (χ0n) is 13.7. The second-order valence-corrected chi connectivity index (χ2v) is 7.88. The summed E-state index contributed by atoms with van der Waals surface area (Å²) in [6, 6.07) is 11.7. The molecular weight excluding hydrogens is 367 g/mol. The van der Waals surface area contributed by atoms with Crippen LogP contribution in [0.1, 0.15) is 18.5 Å². The fourth-order valence-corrected chi connectivity index (χ4v) is 3.44. The van der Waals surface area contributed by atoms with Gasteiger partial charge in [0, 0.05) is 0 Å². The minimum atomic E-state index is -3.70. The van der Waals surface area contributed by atoms with E-state index in [4.69, 9.17) is 11.6 Å². The first kappa shape index (κ1) is 19.2. The average molecular weight is 385 g/mol. The Balaban J connectivity index is 2.15. The lowest BCUT2D eigenvalue weighted by molar-refractivity contribution is -0.120. The van der Waals surface area contributed by atoms with Gasteiger partial charge in [0.1, 0.15) is 12.4 Å². The molecule has 2 rings (SSSR count). The van der Waals surface area contributed by atoms with E-state index in [0.29, 0.717) is 5.56 Å². The molecule has 0 spiro atoms. The van der Waals surface area contributed by atoms with Crippen LogP contribution in [0.15, 0.2) is 48.5 Å². The molecule has 0 radical (unpaired) electrons. The van der Waals surface area contributed by atoms with Crippen LogP contribution in [0.2, 0.25) is 5.02 Å². The zero-order chi connectivity index (χ0) is 18.6. The monoisotopic (exact) mass is 384 g/mol. The molecule has 8 heteroatoms. The van der Waals surface area contributed by atoms with Crippen molar-refractivity contribution in [3.63, 3.8) is 0 Å². The smallest absolute Gasteiger partial charge is 0.241 e. The van der Waals surface area contributed by atoms with Gasteiger partial charge in [0.05, 0.1) is 23.0 Å². The molecule has 2 aromatic carbocycles. The summed E-state index contributed by atoms with van der Waals surface area (Å²) in [6.45, 7) is 1.32. The number of sulfonamides is 1. The van der Waals surface area contributed by atoms with Crippen molar-refractivity contribution in [2.75, 3.05) is 17.1 Å². The fraction of sp³-hybridized carbons (Fsp3) is 0.235. The molecule has 0 saturated carbocycles. The van der Waals surface area contributed by atoms with Crippen LogP contribution in [-0.2, 0) is 14.8 Å². The molecule has 25 heavy (non-hydrogen) atoms. The van der Waals surface area contributed by atoms with Crippen molar-refractivity contribution >= 4 is 33.2 Å². The summed E-state index contributed by atoms with van der Waals surface area (Å²) in [5, 5.41) is 2.93. The maximum absolute atomic E-state index is 13.0. The summed E-state index contributed by atoms with van der Waals surface area (Å²) in [6.07, 6.45) is 1.01. The van der Waals surface area contributed by atoms with Gasteiger partial charge in [-0.25, -0.2) is 12.8 Å². The van der Waals surface area contributed by atoms with Crippen LogP contribution < -0.4 is 9.62 Å². The van der Waals surface area contributed by atoms with E-state index < -0.39 is 28.5 Å². The number of benzene rings is 2. The third kappa shape index (κ3) is 5.17. The van der Waals surface area contributed by atoms with Gasteiger partial charge in [0.2, 0.25) is 15.9 Å². The molecule has 0 fully saturated rings. The Kier molecular flexibility index (Phi) is 6.02. The highest BCUT2D eigenvalue weighted by Gasteiger charge is 2.23. The van der Waals surface area contributed by atoms with Gasteiger partial charge in [-0.2, -0.15) is 0 Å². The molecular formula is C17H18ClFN2O3S. The van der Waals surface area contributed by atoms with Crippen LogP contribution in [-0.4, -0.2) is 27.1 Å². The van der Waals surface area contributed by atoms with Crippen LogP contribution in [0.4, 0.5) is 10.1 Å². The summed E-state index contributed by atoms with van der Waals surface area (Å²) in [7, 11) is -3.70. The number of rotatable bonds is 6. The molecule has 0 unspecified atom stereocenters. The largest absolute Gasteiger partial charge is 0.348 e. The number of nitrogens with zero attached hydrogens (tertiary/aromatic N) is 1. The number of amides is 1. The van der Waals surface area contributed by atoms with E-state index in [0.717, 1.165) is 10.6 Å². The molecule has 1 atom stereocenters. The number of carbonyl (C=O) groups excluding carboxylic acids is 1. The standard InChI is InChI=1S/C17H18ClFN2O3S/c1-12(13-7-9-14(19)10-8-13)20-17(22)11-21(25(2,23)24)16-6-4-3-5-15(16)18/h3-10,12H,11H2,1-2H3,(H,20,22)/t12-/m1/s1. The first-order chi connectivity index (χ1) is 11.7. The normalized spacial score (nSPS) is 12.5. The third-order valence-electron chi connectivity index (χ3n) is 3.56. The van der Waals surface area contributed by atoms with Crippen molar-refractivity contribution in [3.05, 3.63) is 64.9 Å². The highest BCUT2D eigenvalue weighted by Crippen LogP contribution is 2.27. The predicted octanol–water partition coefficient (Wildman–Crippen LogP) is 3.12. The number of halogens is 2.